The number of para-hydroxylation sites is 1. The monoisotopic (exact) mass is 406 g/mol. The molecule has 0 unspecified atom stereocenters. The molecule has 0 spiro atoms. The Balaban J connectivity index is 2.03. The predicted octanol–water partition coefficient (Wildman–Crippen LogP) is 3.20. The summed E-state index contributed by atoms with van der Waals surface area (Å²) in [5.41, 5.74) is 4.35. The van der Waals surface area contributed by atoms with E-state index in [9.17, 15) is 14.4 Å². The van der Waals surface area contributed by atoms with E-state index in [1.54, 1.807) is 42.5 Å². The van der Waals surface area contributed by atoms with Gasteiger partial charge in [0.05, 0.1) is 12.3 Å². The van der Waals surface area contributed by atoms with Crippen molar-refractivity contribution >= 4 is 29.5 Å². The van der Waals surface area contributed by atoms with Crippen molar-refractivity contribution in [1.82, 2.24) is 5.43 Å². The fourth-order valence-corrected chi connectivity index (χ4v) is 3.08. The summed E-state index contributed by atoms with van der Waals surface area (Å²) >= 11 is 0. The predicted molar refractivity (Wildman–Crippen MR) is 113 cm³/mol. The summed E-state index contributed by atoms with van der Waals surface area (Å²) in [5.74, 6) is -0.782. The van der Waals surface area contributed by atoms with Gasteiger partial charge in [-0.25, -0.2) is 5.01 Å². The van der Waals surface area contributed by atoms with Crippen LogP contribution in [0.15, 0.2) is 60.7 Å². The Morgan fingerprint density at radius 1 is 1.20 bits per heavy atom. The summed E-state index contributed by atoms with van der Waals surface area (Å²) in [6, 6.07) is 12.2. The molecule has 0 radical (unpaired) electrons. The van der Waals surface area contributed by atoms with E-state index < -0.39 is 17.8 Å². The maximum absolute atomic E-state index is 12.8. The standard InChI is InChI=1S/C23H22N2O5/c1-4-9-17-12-16(14-20(29-5-2)21(17)30-15(3)26)13-19-22(27)24-25(23(19)28)18-10-7-6-8-11-18/h4,6-8,10-14H,1,5,9H2,2-3H3,(H,24,27). The van der Waals surface area contributed by atoms with Gasteiger partial charge in [0.25, 0.3) is 11.8 Å². The molecule has 0 aliphatic carbocycles. The van der Waals surface area contributed by atoms with Crippen LogP contribution in [0.2, 0.25) is 0 Å². The van der Waals surface area contributed by atoms with E-state index in [1.165, 1.54) is 18.0 Å². The molecule has 1 heterocycles. The molecule has 7 heteroatoms. The third kappa shape index (κ3) is 4.41. The second-order valence-electron chi connectivity index (χ2n) is 6.50. The normalized spacial score (nSPS) is 14.6. The number of hydrogen-bond donors (Lipinski definition) is 1. The van der Waals surface area contributed by atoms with Crippen LogP contribution >= 0.6 is 0 Å². The average molecular weight is 406 g/mol. The molecule has 3 rings (SSSR count). The van der Waals surface area contributed by atoms with Gasteiger partial charge in [-0.2, -0.15) is 0 Å². The Morgan fingerprint density at radius 2 is 1.93 bits per heavy atom. The van der Waals surface area contributed by atoms with Gasteiger partial charge in [0.1, 0.15) is 5.57 Å². The van der Waals surface area contributed by atoms with Gasteiger partial charge < -0.3 is 9.47 Å². The number of carbonyl (C=O) groups is 3. The van der Waals surface area contributed by atoms with Crippen molar-refractivity contribution in [2.24, 2.45) is 0 Å². The lowest BCUT2D eigenvalue weighted by Crippen LogP contribution is -2.35. The first-order valence-corrected chi connectivity index (χ1v) is 9.45. The molecule has 7 nitrogen and oxygen atoms in total. The minimum Gasteiger partial charge on any atom is -0.490 e. The SMILES string of the molecule is C=CCc1cc(C=C2C(=O)NN(c3ccccc3)C2=O)cc(OCC)c1OC(C)=O. The highest BCUT2D eigenvalue weighted by Crippen LogP contribution is 2.35. The molecular formula is C23H22N2O5. The highest BCUT2D eigenvalue weighted by molar-refractivity contribution is 6.31. The molecule has 0 bridgehead atoms. The van der Waals surface area contributed by atoms with Crippen molar-refractivity contribution in [2.45, 2.75) is 20.3 Å². The number of amides is 2. The van der Waals surface area contributed by atoms with Crippen LogP contribution in [0.25, 0.3) is 6.08 Å². The number of hydrogen-bond acceptors (Lipinski definition) is 5. The highest BCUT2D eigenvalue weighted by Gasteiger charge is 2.34. The first-order chi connectivity index (χ1) is 14.4. The number of benzene rings is 2. The minimum absolute atomic E-state index is 0.00825. The smallest absolute Gasteiger partial charge is 0.308 e. The lowest BCUT2D eigenvalue weighted by Gasteiger charge is -2.15. The number of hydrazine groups is 1. The highest BCUT2D eigenvalue weighted by atomic mass is 16.6. The Bertz CT molecular complexity index is 1030. The molecule has 0 atom stereocenters. The molecule has 1 fully saturated rings. The third-order valence-electron chi connectivity index (χ3n) is 4.28. The van der Waals surface area contributed by atoms with Crippen molar-refractivity contribution in [3.63, 3.8) is 0 Å². The summed E-state index contributed by atoms with van der Waals surface area (Å²) in [7, 11) is 0. The molecule has 2 aromatic rings. The lowest BCUT2D eigenvalue weighted by atomic mass is 10.0. The van der Waals surface area contributed by atoms with Crippen LogP contribution in [-0.2, 0) is 20.8 Å². The molecule has 2 aromatic carbocycles. The number of nitrogens with one attached hydrogen (secondary N) is 1. The van der Waals surface area contributed by atoms with E-state index in [2.05, 4.69) is 12.0 Å². The van der Waals surface area contributed by atoms with Crippen LogP contribution < -0.4 is 19.9 Å². The van der Waals surface area contributed by atoms with Gasteiger partial charge in [-0.15, -0.1) is 6.58 Å². The number of ether oxygens (including phenoxy) is 2. The molecule has 1 aliphatic heterocycles. The summed E-state index contributed by atoms with van der Waals surface area (Å²) in [5, 5.41) is 1.20. The van der Waals surface area contributed by atoms with Crippen molar-refractivity contribution in [3.05, 3.63) is 71.8 Å². The molecule has 1 N–H and O–H groups in total. The number of rotatable bonds is 7. The fourth-order valence-electron chi connectivity index (χ4n) is 3.08. The third-order valence-corrected chi connectivity index (χ3v) is 4.28. The maximum atomic E-state index is 12.8. The van der Waals surface area contributed by atoms with Gasteiger partial charge in [0, 0.05) is 12.5 Å². The summed E-state index contributed by atoms with van der Waals surface area (Å²) in [6.45, 7) is 7.20. The van der Waals surface area contributed by atoms with Crippen LogP contribution in [0.1, 0.15) is 25.0 Å². The molecule has 0 aromatic heterocycles. The van der Waals surface area contributed by atoms with E-state index in [-0.39, 0.29) is 5.57 Å². The first-order valence-electron chi connectivity index (χ1n) is 9.45. The van der Waals surface area contributed by atoms with Gasteiger partial charge in [0.15, 0.2) is 11.5 Å². The maximum Gasteiger partial charge on any atom is 0.308 e. The Hall–Kier alpha value is -3.87. The van der Waals surface area contributed by atoms with Crippen molar-refractivity contribution in [3.8, 4) is 11.5 Å². The van der Waals surface area contributed by atoms with Gasteiger partial charge >= 0.3 is 5.97 Å². The number of allylic oxidation sites excluding steroid dienone is 1. The number of esters is 1. The van der Waals surface area contributed by atoms with Crippen LogP contribution in [0.3, 0.4) is 0 Å². The molecule has 0 saturated carbocycles. The molecular weight excluding hydrogens is 384 g/mol. The largest absolute Gasteiger partial charge is 0.490 e. The molecule has 1 saturated heterocycles. The topological polar surface area (TPSA) is 84.9 Å². The fraction of sp³-hybridized carbons (Fsp3) is 0.174. The lowest BCUT2D eigenvalue weighted by molar-refractivity contribution is -0.132. The van der Waals surface area contributed by atoms with E-state index in [4.69, 9.17) is 9.47 Å². The molecule has 1 aliphatic rings. The molecule has 154 valence electrons. The number of nitrogens with zero attached hydrogens (tertiary/aromatic N) is 1. The van der Waals surface area contributed by atoms with Gasteiger partial charge in [-0.3, -0.25) is 19.8 Å². The Morgan fingerprint density at radius 3 is 2.57 bits per heavy atom. The van der Waals surface area contributed by atoms with Gasteiger partial charge in [-0.05, 0) is 49.2 Å². The summed E-state index contributed by atoms with van der Waals surface area (Å²) in [4.78, 5) is 36.8. The second-order valence-corrected chi connectivity index (χ2v) is 6.50. The van der Waals surface area contributed by atoms with Crippen molar-refractivity contribution < 1.29 is 23.9 Å². The van der Waals surface area contributed by atoms with Crippen molar-refractivity contribution in [1.29, 1.82) is 0 Å². The van der Waals surface area contributed by atoms with E-state index >= 15 is 0 Å². The van der Waals surface area contributed by atoms with E-state index in [1.807, 2.05) is 13.0 Å². The number of carbonyl (C=O) groups excluding carboxylic acids is 3. The first kappa shape index (κ1) is 20.9. The summed E-state index contributed by atoms with van der Waals surface area (Å²) < 4.78 is 11.0. The second kappa shape index (κ2) is 9.09. The quantitative estimate of drug-likeness (QED) is 0.251. The minimum atomic E-state index is -0.504. The zero-order valence-corrected chi connectivity index (χ0v) is 16.8. The van der Waals surface area contributed by atoms with E-state index in [0.29, 0.717) is 41.3 Å². The average Bonchev–Trinajstić information content (AvgIpc) is 2.99. The molecule has 30 heavy (non-hydrogen) atoms. The van der Waals surface area contributed by atoms with Crippen LogP contribution in [0.5, 0.6) is 11.5 Å². The van der Waals surface area contributed by atoms with Crippen LogP contribution in [0.4, 0.5) is 5.69 Å². The van der Waals surface area contributed by atoms with E-state index in [0.717, 1.165) is 0 Å². The van der Waals surface area contributed by atoms with Crippen LogP contribution in [0, 0.1) is 0 Å². The molecule has 2 amide bonds. The van der Waals surface area contributed by atoms with Gasteiger partial charge in [0.2, 0.25) is 0 Å². The number of anilines is 1. The van der Waals surface area contributed by atoms with Crippen LogP contribution in [-0.4, -0.2) is 24.4 Å². The zero-order valence-electron chi connectivity index (χ0n) is 16.8. The zero-order chi connectivity index (χ0) is 21.7. The van der Waals surface area contributed by atoms with Gasteiger partial charge in [-0.1, -0.05) is 24.3 Å². The Labute approximate surface area is 174 Å². The Kier molecular flexibility index (Phi) is 6.32. The summed E-state index contributed by atoms with van der Waals surface area (Å²) in [6.07, 6.45) is 3.57. The van der Waals surface area contributed by atoms with Crippen molar-refractivity contribution in [2.75, 3.05) is 11.6 Å².